The zero-order valence-corrected chi connectivity index (χ0v) is 24.5. The van der Waals surface area contributed by atoms with Gasteiger partial charge in [0.15, 0.2) is 0 Å². The van der Waals surface area contributed by atoms with Crippen LogP contribution in [0.15, 0.2) is 36.4 Å². The van der Waals surface area contributed by atoms with Gasteiger partial charge in [0.2, 0.25) is 10.0 Å². The summed E-state index contributed by atoms with van der Waals surface area (Å²) in [5, 5.41) is 1.18. The number of sulfonamides is 1. The molecule has 0 N–H and O–H groups in total. The number of hydrogen-bond donors (Lipinski definition) is 0. The smallest absolute Gasteiger partial charge is 0.214 e. The van der Waals surface area contributed by atoms with Crippen LogP contribution in [0.5, 0.6) is 5.75 Å². The van der Waals surface area contributed by atoms with Crippen molar-refractivity contribution in [3.63, 3.8) is 0 Å². The van der Waals surface area contributed by atoms with Crippen molar-refractivity contribution in [1.82, 2.24) is 9.21 Å². The number of likely N-dealkylation sites (N-methyl/N-ethyl adjacent to an activating group) is 1. The third kappa shape index (κ3) is 7.14. The third-order valence-electron chi connectivity index (χ3n) is 8.03. The Morgan fingerprint density at radius 3 is 2.49 bits per heavy atom. The van der Waals surface area contributed by atoms with Gasteiger partial charge >= 0.3 is 0 Å². The van der Waals surface area contributed by atoms with Crippen LogP contribution in [0.3, 0.4) is 0 Å². The number of rotatable bonds is 10. The van der Waals surface area contributed by atoms with Crippen LogP contribution < -0.4 is 4.74 Å². The molecule has 5 rings (SSSR count). The van der Waals surface area contributed by atoms with Crippen molar-refractivity contribution in [2.24, 2.45) is 5.92 Å². The normalized spacial score (nSPS) is 22.1. The SMILES string of the molecule is CN(CCOc1ccc2c(c1)C(Cc1ccc(Cl)c(Cl)c1)C(N1CCCC1)CC2)S(=O)(=O)CC1CC1.Cl. The minimum Gasteiger partial charge on any atom is -0.492 e. The van der Waals surface area contributed by atoms with Crippen molar-refractivity contribution in [2.75, 3.05) is 39.0 Å². The first-order chi connectivity index (χ1) is 17.3. The van der Waals surface area contributed by atoms with E-state index in [-0.39, 0.29) is 18.2 Å². The summed E-state index contributed by atoms with van der Waals surface area (Å²) in [7, 11) is -1.55. The van der Waals surface area contributed by atoms with E-state index in [0.29, 0.717) is 41.1 Å². The molecule has 2 aromatic carbocycles. The summed E-state index contributed by atoms with van der Waals surface area (Å²) in [6, 6.07) is 12.9. The number of nitrogens with zero attached hydrogens (tertiary/aromatic N) is 2. The molecule has 2 aromatic rings. The highest BCUT2D eigenvalue weighted by Crippen LogP contribution is 2.40. The molecular weight excluding hydrogens is 551 g/mol. The Morgan fingerprint density at radius 1 is 1.03 bits per heavy atom. The molecule has 5 nitrogen and oxygen atoms in total. The van der Waals surface area contributed by atoms with Crippen LogP contribution in [0, 0.1) is 5.92 Å². The lowest BCUT2D eigenvalue weighted by atomic mass is 9.75. The largest absolute Gasteiger partial charge is 0.492 e. The van der Waals surface area contributed by atoms with Crippen LogP contribution in [0.1, 0.15) is 54.7 Å². The maximum absolute atomic E-state index is 12.5. The van der Waals surface area contributed by atoms with E-state index < -0.39 is 10.0 Å². The van der Waals surface area contributed by atoms with Gasteiger partial charge in [-0.15, -0.1) is 12.4 Å². The quantitative estimate of drug-likeness (QED) is 0.332. The summed E-state index contributed by atoms with van der Waals surface area (Å²) in [6.07, 6.45) is 7.71. The minimum absolute atomic E-state index is 0. The van der Waals surface area contributed by atoms with Gasteiger partial charge in [0.05, 0.1) is 15.8 Å². The summed E-state index contributed by atoms with van der Waals surface area (Å²) in [5.41, 5.74) is 3.92. The Labute approximate surface area is 237 Å². The molecule has 1 heterocycles. The van der Waals surface area contributed by atoms with Gasteiger partial charge in [0.25, 0.3) is 0 Å². The molecule has 0 spiro atoms. The highest BCUT2D eigenvalue weighted by molar-refractivity contribution is 7.89. The van der Waals surface area contributed by atoms with E-state index in [4.69, 9.17) is 27.9 Å². The minimum atomic E-state index is -3.20. The first-order valence-electron chi connectivity index (χ1n) is 13.2. The van der Waals surface area contributed by atoms with Crippen molar-refractivity contribution >= 4 is 45.6 Å². The van der Waals surface area contributed by atoms with E-state index in [1.807, 2.05) is 18.2 Å². The van der Waals surface area contributed by atoms with E-state index in [1.54, 1.807) is 7.05 Å². The van der Waals surface area contributed by atoms with Crippen molar-refractivity contribution in [3.8, 4) is 5.75 Å². The Kier molecular flexibility index (Phi) is 9.74. The zero-order valence-electron chi connectivity index (χ0n) is 21.4. The lowest BCUT2D eigenvalue weighted by Crippen LogP contribution is -2.41. The molecule has 0 amide bonds. The molecule has 2 fully saturated rings. The lowest BCUT2D eigenvalue weighted by Gasteiger charge is -2.39. The Hall–Kier alpha value is -1.02. The Bertz CT molecular complexity index is 1180. The van der Waals surface area contributed by atoms with Gasteiger partial charge < -0.3 is 4.74 Å². The predicted octanol–water partition coefficient (Wildman–Crippen LogP) is 6.20. The number of ether oxygens (including phenoxy) is 1. The van der Waals surface area contributed by atoms with Crippen LogP contribution >= 0.6 is 35.6 Å². The van der Waals surface area contributed by atoms with Crippen LogP contribution in [0.2, 0.25) is 10.0 Å². The molecule has 2 unspecified atom stereocenters. The van der Waals surface area contributed by atoms with E-state index >= 15 is 0 Å². The van der Waals surface area contributed by atoms with Gasteiger partial charge in [-0.2, -0.15) is 0 Å². The summed E-state index contributed by atoms with van der Waals surface area (Å²) >= 11 is 12.5. The van der Waals surface area contributed by atoms with Crippen molar-refractivity contribution in [1.29, 1.82) is 0 Å². The van der Waals surface area contributed by atoms with Crippen LogP contribution in [-0.4, -0.2) is 62.7 Å². The lowest BCUT2D eigenvalue weighted by molar-refractivity contribution is 0.188. The fourth-order valence-electron chi connectivity index (χ4n) is 5.77. The number of aryl methyl sites for hydroxylation is 1. The van der Waals surface area contributed by atoms with E-state index in [2.05, 4.69) is 23.1 Å². The summed E-state index contributed by atoms with van der Waals surface area (Å²) in [5.74, 6) is 1.75. The van der Waals surface area contributed by atoms with Crippen molar-refractivity contribution in [3.05, 3.63) is 63.1 Å². The van der Waals surface area contributed by atoms with Gasteiger partial charge in [0.1, 0.15) is 12.4 Å². The number of hydrogen-bond acceptors (Lipinski definition) is 4. The van der Waals surface area contributed by atoms with Crippen molar-refractivity contribution in [2.45, 2.75) is 56.9 Å². The van der Waals surface area contributed by atoms with E-state index in [9.17, 15) is 8.42 Å². The second-order valence-electron chi connectivity index (χ2n) is 10.7. The first kappa shape index (κ1) is 29.0. The molecule has 0 bridgehead atoms. The van der Waals surface area contributed by atoms with E-state index in [0.717, 1.165) is 50.9 Å². The topological polar surface area (TPSA) is 49.9 Å². The molecule has 1 aliphatic heterocycles. The second kappa shape index (κ2) is 12.4. The first-order valence-corrected chi connectivity index (χ1v) is 15.5. The van der Waals surface area contributed by atoms with Crippen molar-refractivity contribution < 1.29 is 13.2 Å². The zero-order chi connectivity index (χ0) is 25.3. The van der Waals surface area contributed by atoms with Crippen LogP contribution in [0.25, 0.3) is 0 Å². The highest BCUT2D eigenvalue weighted by Gasteiger charge is 2.35. The average molecular weight is 588 g/mol. The fourth-order valence-corrected chi connectivity index (χ4v) is 7.62. The number of fused-ring (bicyclic) bond motifs is 1. The van der Waals surface area contributed by atoms with Crippen LogP contribution in [-0.2, 0) is 22.9 Å². The molecule has 9 heteroatoms. The standard InChI is InChI=1S/C28H36Cl2N2O3S.ClH/c1-31(36(33,34)19-20-4-5-20)14-15-35-23-9-7-22-8-11-28(32-12-2-3-13-32)25(24(22)18-23)16-21-6-10-26(29)27(30)17-21;/h6-7,9-10,17-18,20,25,28H,2-5,8,11-16,19H2,1H3;1H. The highest BCUT2D eigenvalue weighted by atomic mass is 35.5. The molecule has 0 aromatic heterocycles. The van der Waals surface area contributed by atoms with E-state index in [1.165, 1.54) is 33.8 Å². The number of halogens is 3. The fraction of sp³-hybridized carbons (Fsp3) is 0.571. The van der Waals surface area contributed by atoms with Gasteiger partial charge in [0, 0.05) is 25.6 Å². The summed E-state index contributed by atoms with van der Waals surface area (Å²) in [4.78, 5) is 2.67. The Morgan fingerprint density at radius 2 is 1.78 bits per heavy atom. The monoisotopic (exact) mass is 586 g/mol. The van der Waals surface area contributed by atoms with Gasteiger partial charge in [-0.05, 0) is 105 Å². The summed E-state index contributed by atoms with van der Waals surface area (Å²) in [6.45, 7) is 3.02. The molecule has 0 radical (unpaired) electrons. The average Bonchev–Trinajstić information content (AvgIpc) is 3.48. The molecule has 3 aliphatic rings. The molecular formula is C28H37Cl3N2O3S. The molecule has 1 saturated heterocycles. The maximum atomic E-state index is 12.5. The Balaban J connectivity index is 0.00000320. The predicted molar refractivity (Wildman–Crippen MR) is 154 cm³/mol. The second-order valence-corrected chi connectivity index (χ2v) is 13.6. The van der Waals surface area contributed by atoms with Crippen LogP contribution in [0.4, 0.5) is 0 Å². The molecule has 2 aliphatic carbocycles. The third-order valence-corrected chi connectivity index (χ3v) is 10.8. The summed E-state index contributed by atoms with van der Waals surface area (Å²) < 4.78 is 32.5. The maximum Gasteiger partial charge on any atom is 0.214 e. The molecule has 37 heavy (non-hydrogen) atoms. The molecule has 204 valence electrons. The van der Waals surface area contributed by atoms with Gasteiger partial charge in [-0.1, -0.05) is 35.3 Å². The van der Waals surface area contributed by atoms with Gasteiger partial charge in [-0.25, -0.2) is 12.7 Å². The molecule has 2 atom stereocenters. The number of likely N-dealkylation sites (tertiary alicyclic amines) is 1. The molecule has 1 saturated carbocycles. The number of benzene rings is 2. The van der Waals surface area contributed by atoms with Gasteiger partial charge in [-0.3, -0.25) is 4.90 Å².